The Kier molecular flexibility index (Phi) is 1.95. The first-order chi connectivity index (χ1) is 4.66. The average Bonchev–Trinajstić information content (AvgIpc) is 1.88. The predicted octanol–water partition coefficient (Wildman–Crippen LogP) is 1.86. The van der Waals surface area contributed by atoms with Crippen molar-refractivity contribution in [3.8, 4) is 0 Å². The quantitative estimate of drug-likeness (QED) is 0.586. The molecule has 0 aromatic heterocycles. The van der Waals surface area contributed by atoms with Crippen LogP contribution in [0, 0.1) is 5.41 Å². The molecule has 0 aromatic carbocycles. The van der Waals surface area contributed by atoms with Gasteiger partial charge in [0.25, 0.3) is 0 Å². The minimum Gasteiger partial charge on any atom is -0.330 e. The van der Waals surface area contributed by atoms with Crippen molar-refractivity contribution in [3.05, 3.63) is 23.8 Å². The highest BCUT2D eigenvalue weighted by Gasteiger charge is 2.20. The molecule has 1 nitrogen and oxygen atoms in total. The summed E-state index contributed by atoms with van der Waals surface area (Å²) in [5.74, 6) is 0. The van der Waals surface area contributed by atoms with E-state index in [0.29, 0.717) is 0 Å². The second-order valence-electron chi connectivity index (χ2n) is 3.41. The third-order valence-corrected chi connectivity index (χ3v) is 2.03. The lowest BCUT2D eigenvalue weighted by molar-refractivity contribution is 0.431. The van der Waals surface area contributed by atoms with Gasteiger partial charge in [0, 0.05) is 12.0 Å². The molecular weight excluding hydrogens is 122 g/mol. The Hall–Kier alpha value is -0.560. The van der Waals surface area contributed by atoms with Crippen molar-refractivity contribution in [2.45, 2.75) is 20.3 Å². The van der Waals surface area contributed by atoms with Gasteiger partial charge < -0.3 is 5.73 Å². The van der Waals surface area contributed by atoms with Crippen LogP contribution in [0.15, 0.2) is 23.8 Å². The van der Waals surface area contributed by atoms with E-state index in [2.05, 4.69) is 32.1 Å². The molecule has 0 bridgehead atoms. The molecule has 0 amide bonds. The molecular formula is C9H15N. The van der Waals surface area contributed by atoms with Gasteiger partial charge >= 0.3 is 0 Å². The molecule has 0 saturated heterocycles. The lowest BCUT2D eigenvalue weighted by Crippen LogP contribution is -2.26. The molecule has 1 heteroatoms. The third-order valence-electron chi connectivity index (χ3n) is 2.03. The van der Waals surface area contributed by atoms with Crippen LogP contribution in [0.2, 0.25) is 0 Å². The number of rotatable bonds is 1. The highest BCUT2D eigenvalue weighted by Crippen LogP contribution is 2.29. The lowest BCUT2D eigenvalue weighted by Gasteiger charge is -2.26. The van der Waals surface area contributed by atoms with Crippen molar-refractivity contribution in [1.82, 2.24) is 0 Å². The molecule has 1 aliphatic carbocycles. The van der Waals surface area contributed by atoms with E-state index in [0.717, 1.165) is 13.0 Å². The fraction of sp³-hybridized carbons (Fsp3) is 0.556. The molecule has 56 valence electrons. The van der Waals surface area contributed by atoms with Gasteiger partial charge in [-0.3, -0.25) is 0 Å². The van der Waals surface area contributed by atoms with E-state index in [9.17, 15) is 0 Å². The minimum atomic E-state index is 0.221. The van der Waals surface area contributed by atoms with Crippen LogP contribution in [-0.2, 0) is 0 Å². The molecule has 1 atom stereocenters. The van der Waals surface area contributed by atoms with E-state index in [1.807, 2.05) is 0 Å². The Balaban J connectivity index is 2.71. The van der Waals surface area contributed by atoms with Gasteiger partial charge in [0.1, 0.15) is 0 Å². The summed E-state index contributed by atoms with van der Waals surface area (Å²) in [5, 5.41) is 0. The highest BCUT2D eigenvalue weighted by atomic mass is 14.6. The summed E-state index contributed by atoms with van der Waals surface area (Å²) in [7, 11) is 0. The van der Waals surface area contributed by atoms with Crippen molar-refractivity contribution in [1.29, 1.82) is 0 Å². The summed E-state index contributed by atoms with van der Waals surface area (Å²) in [4.78, 5) is 0. The zero-order valence-electron chi connectivity index (χ0n) is 6.72. The summed E-state index contributed by atoms with van der Waals surface area (Å²) in [6.45, 7) is 5.09. The van der Waals surface area contributed by atoms with Crippen LogP contribution in [-0.4, -0.2) is 6.54 Å². The van der Waals surface area contributed by atoms with Crippen LogP contribution in [0.25, 0.3) is 0 Å². The van der Waals surface area contributed by atoms with E-state index in [1.165, 1.54) is 5.57 Å². The smallest absolute Gasteiger partial charge is 0.00163 e. The third kappa shape index (κ3) is 1.48. The van der Waals surface area contributed by atoms with Crippen molar-refractivity contribution in [3.63, 3.8) is 0 Å². The molecule has 2 N–H and O–H groups in total. The normalized spacial score (nSPS) is 32.1. The van der Waals surface area contributed by atoms with Crippen LogP contribution in [0.1, 0.15) is 20.3 Å². The van der Waals surface area contributed by atoms with E-state index >= 15 is 0 Å². The maximum Gasteiger partial charge on any atom is 0.00163 e. The fourth-order valence-electron chi connectivity index (χ4n) is 1.34. The van der Waals surface area contributed by atoms with Crippen LogP contribution in [0.5, 0.6) is 0 Å². The lowest BCUT2D eigenvalue weighted by atomic mass is 9.81. The molecule has 0 aliphatic heterocycles. The van der Waals surface area contributed by atoms with Crippen LogP contribution >= 0.6 is 0 Å². The maximum atomic E-state index is 5.62. The summed E-state index contributed by atoms with van der Waals surface area (Å²) in [6.07, 6.45) is 7.56. The summed E-state index contributed by atoms with van der Waals surface area (Å²) in [5.41, 5.74) is 7.27. The Bertz CT molecular complexity index is 179. The second kappa shape index (κ2) is 2.59. The van der Waals surface area contributed by atoms with E-state index in [4.69, 9.17) is 5.73 Å². The molecule has 1 aliphatic rings. The van der Waals surface area contributed by atoms with E-state index in [1.54, 1.807) is 0 Å². The van der Waals surface area contributed by atoms with E-state index < -0.39 is 0 Å². The standard InChI is InChI=1S/C9H15N/c1-8-4-3-5-9(2,6-8)7-10/h3-5H,6-7,10H2,1-2H3. The van der Waals surface area contributed by atoms with Crippen molar-refractivity contribution in [2.24, 2.45) is 11.1 Å². The monoisotopic (exact) mass is 137 g/mol. The molecule has 0 radical (unpaired) electrons. The average molecular weight is 137 g/mol. The van der Waals surface area contributed by atoms with Gasteiger partial charge in [0.15, 0.2) is 0 Å². The zero-order valence-corrected chi connectivity index (χ0v) is 6.72. The fourth-order valence-corrected chi connectivity index (χ4v) is 1.34. The Labute approximate surface area is 62.6 Å². The van der Waals surface area contributed by atoms with Gasteiger partial charge in [0.05, 0.1) is 0 Å². The van der Waals surface area contributed by atoms with Gasteiger partial charge in [-0.15, -0.1) is 0 Å². The summed E-state index contributed by atoms with van der Waals surface area (Å²) in [6, 6.07) is 0. The summed E-state index contributed by atoms with van der Waals surface area (Å²) < 4.78 is 0. The topological polar surface area (TPSA) is 26.0 Å². The highest BCUT2D eigenvalue weighted by molar-refractivity contribution is 5.21. The largest absolute Gasteiger partial charge is 0.330 e. The molecule has 0 spiro atoms. The first-order valence-electron chi connectivity index (χ1n) is 3.71. The first-order valence-corrected chi connectivity index (χ1v) is 3.71. The molecule has 1 unspecified atom stereocenters. The number of allylic oxidation sites excluding steroid dienone is 3. The molecule has 0 fully saturated rings. The maximum absolute atomic E-state index is 5.62. The van der Waals surface area contributed by atoms with Crippen molar-refractivity contribution < 1.29 is 0 Å². The second-order valence-corrected chi connectivity index (χ2v) is 3.41. The Morgan fingerprint density at radius 1 is 1.70 bits per heavy atom. The van der Waals surface area contributed by atoms with Gasteiger partial charge in [0.2, 0.25) is 0 Å². The molecule has 0 aromatic rings. The Morgan fingerprint density at radius 3 is 2.80 bits per heavy atom. The van der Waals surface area contributed by atoms with Crippen LogP contribution in [0.3, 0.4) is 0 Å². The van der Waals surface area contributed by atoms with Gasteiger partial charge in [-0.1, -0.05) is 30.7 Å². The minimum absolute atomic E-state index is 0.221. The first kappa shape index (κ1) is 7.55. The predicted molar refractivity (Wildman–Crippen MR) is 44.7 cm³/mol. The van der Waals surface area contributed by atoms with E-state index in [-0.39, 0.29) is 5.41 Å². The Morgan fingerprint density at radius 2 is 2.40 bits per heavy atom. The molecule has 0 heterocycles. The molecule has 1 rings (SSSR count). The van der Waals surface area contributed by atoms with Crippen LogP contribution < -0.4 is 5.73 Å². The van der Waals surface area contributed by atoms with Gasteiger partial charge in [-0.25, -0.2) is 0 Å². The number of hydrogen-bond donors (Lipinski definition) is 1. The van der Waals surface area contributed by atoms with Crippen molar-refractivity contribution in [2.75, 3.05) is 6.54 Å². The molecule has 0 saturated carbocycles. The van der Waals surface area contributed by atoms with Crippen LogP contribution in [0.4, 0.5) is 0 Å². The zero-order chi connectivity index (χ0) is 7.61. The van der Waals surface area contributed by atoms with Gasteiger partial charge in [-0.2, -0.15) is 0 Å². The SMILES string of the molecule is CC1=CC=CC(C)(CN)C1. The number of nitrogens with two attached hydrogens (primary N) is 1. The number of hydrogen-bond acceptors (Lipinski definition) is 1. The van der Waals surface area contributed by atoms with Crippen molar-refractivity contribution >= 4 is 0 Å². The van der Waals surface area contributed by atoms with Gasteiger partial charge in [-0.05, 0) is 13.3 Å². The molecule has 10 heavy (non-hydrogen) atoms. The summed E-state index contributed by atoms with van der Waals surface area (Å²) >= 11 is 0.